The van der Waals surface area contributed by atoms with E-state index in [4.69, 9.17) is 10.2 Å². The van der Waals surface area contributed by atoms with Gasteiger partial charge < -0.3 is 9.47 Å². The summed E-state index contributed by atoms with van der Waals surface area (Å²) in [5.74, 6) is 0.331. The van der Waals surface area contributed by atoms with Gasteiger partial charge in [0.1, 0.15) is 11.3 Å². The van der Waals surface area contributed by atoms with Crippen LogP contribution in [0.4, 0.5) is 0 Å². The molecule has 1 aliphatic rings. The molecule has 1 aromatic carbocycles. The lowest BCUT2D eigenvalue weighted by Gasteiger charge is -2.33. The molecule has 0 radical (unpaired) electrons. The maximum absolute atomic E-state index is 11.3. The molecule has 1 amide bonds. The molecule has 0 unspecified atom stereocenters. The first kappa shape index (κ1) is 19.3. The maximum Gasteiger partial charge on any atom is 0.267 e. The molecular weight excluding hydrogens is 366 g/mol. The van der Waals surface area contributed by atoms with E-state index in [1.165, 1.54) is 6.08 Å². The van der Waals surface area contributed by atoms with Crippen LogP contribution in [0.1, 0.15) is 31.4 Å². The first-order chi connectivity index (χ1) is 14.2. The number of benzene rings is 1. The van der Waals surface area contributed by atoms with Gasteiger partial charge in [-0.3, -0.25) is 10.0 Å². The minimum atomic E-state index is -0.561. The average molecular weight is 391 g/mol. The number of nitrogens with zero attached hydrogens (tertiary/aromatic N) is 4. The number of aromatic nitrogens is 3. The van der Waals surface area contributed by atoms with Crippen molar-refractivity contribution in [3.63, 3.8) is 0 Å². The van der Waals surface area contributed by atoms with Crippen LogP contribution in [-0.4, -0.2) is 50.2 Å². The highest BCUT2D eigenvalue weighted by Crippen LogP contribution is 2.32. The van der Waals surface area contributed by atoms with E-state index in [1.54, 1.807) is 11.6 Å². The van der Waals surface area contributed by atoms with Gasteiger partial charge in [-0.25, -0.2) is 15.4 Å². The third-order valence-electron chi connectivity index (χ3n) is 5.42. The number of pyridine rings is 1. The highest BCUT2D eigenvalue weighted by Gasteiger charge is 2.25. The predicted octanol–water partition coefficient (Wildman–Crippen LogP) is 3.27. The fourth-order valence-corrected chi connectivity index (χ4v) is 4.00. The molecular formula is C22H25N5O2. The van der Waals surface area contributed by atoms with Gasteiger partial charge in [0.15, 0.2) is 5.65 Å². The second-order valence-corrected chi connectivity index (χ2v) is 7.28. The predicted molar refractivity (Wildman–Crippen MR) is 112 cm³/mol. The smallest absolute Gasteiger partial charge is 0.267 e. The van der Waals surface area contributed by atoms with E-state index < -0.39 is 5.91 Å². The normalized spacial score (nSPS) is 17.8. The van der Waals surface area contributed by atoms with Crippen molar-refractivity contribution in [1.29, 1.82) is 0 Å². The highest BCUT2D eigenvalue weighted by atomic mass is 16.5. The topological polar surface area (TPSA) is 83.3 Å². The average Bonchev–Trinajstić information content (AvgIpc) is 3.17. The van der Waals surface area contributed by atoms with Crippen LogP contribution in [0.2, 0.25) is 0 Å². The molecule has 7 nitrogen and oxygen atoms in total. The Morgan fingerprint density at radius 2 is 2.24 bits per heavy atom. The number of fused-ring (bicyclic) bond motifs is 1. The Kier molecular flexibility index (Phi) is 5.69. The summed E-state index contributed by atoms with van der Waals surface area (Å²) in [7, 11) is 0. The summed E-state index contributed by atoms with van der Waals surface area (Å²) >= 11 is 0. The van der Waals surface area contributed by atoms with Crippen LogP contribution < -0.4 is 5.48 Å². The van der Waals surface area contributed by atoms with Gasteiger partial charge in [-0.1, -0.05) is 25.1 Å². The number of nitrogens with one attached hydrogen (secondary N) is 1. The molecule has 0 saturated carbocycles. The number of likely N-dealkylation sites (tertiary alicyclic amines) is 1. The summed E-state index contributed by atoms with van der Waals surface area (Å²) in [6, 6.07) is 12.1. The minimum absolute atomic E-state index is 0.318. The van der Waals surface area contributed by atoms with Gasteiger partial charge >= 0.3 is 0 Å². The van der Waals surface area contributed by atoms with Gasteiger partial charge in [0, 0.05) is 30.4 Å². The fourth-order valence-electron chi connectivity index (χ4n) is 4.00. The zero-order chi connectivity index (χ0) is 20.2. The van der Waals surface area contributed by atoms with Crippen molar-refractivity contribution in [3.8, 4) is 11.4 Å². The van der Waals surface area contributed by atoms with E-state index >= 15 is 0 Å². The van der Waals surface area contributed by atoms with Crippen LogP contribution in [-0.2, 0) is 4.79 Å². The number of carbonyl (C=O) groups is 1. The molecule has 1 saturated heterocycles. The van der Waals surface area contributed by atoms with Gasteiger partial charge in [0.05, 0.1) is 0 Å². The van der Waals surface area contributed by atoms with Crippen molar-refractivity contribution in [2.24, 2.45) is 0 Å². The summed E-state index contributed by atoms with van der Waals surface area (Å²) in [6.45, 7) is 5.36. The van der Waals surface area contributed by atoms with E-state index in [0.717, 1.165) is 60.6 Å². The van der Waals surface area contributed by atoms with Gasteiger partial charge in [0.2, 0.25) is 0 Å². The number of hydrogen-bond donors (Lipinski definition) is 2. The zero-order valence-electron chi connectivity index (χ0n) is 16.5. The number of carbonyl (C=O) groups excluding carboxylic acids is 1. The Labute approximate surface area is 169 Å². The van der Waals surface area contributed by atoms with Crippen LogP contribution in [0, 0.1) is 0 Å². The first-order valence-electron chi connectivity index (χ1n) is 9.97. The van der Waals surface area contributed by atoms with Crippen molar-refractivity contribution in [3.05, 3.63) is 54.2 Å². The van der Waals surface area contributed by atoms with Crippen molar-refractivity contribution < 1.29 is 10.0 Å². The third-order valence-corrected chi connectivity index (χ3v) is 5.42. The molecule has 150 valence electrons. The lowest BCUT2D eigenvalue weighted by molar-refractivity contribution is -0.124. The van der Waals surface area contributed by atoms with Crippen molar-refractivity contribution in [2.45, 2.75) is 25.8 Å². The van der Waals surface area contributed by atoms with Gasteiger partial charge in [0.25, 0.3) is 5.91 Å². The molecule has 0 bridgehead atoms. The molecule has 2 N–H and O–H groups in total. The largest absolute Gasteiger partial charge is 0.304 e. The molecule has 29 heavy (non-hydrogen) atoms. The number of amides is 1. The molecule has 2 aromatic heterocycles. The standard InChI is InChI=1S/C22H25N5O2/c1-2-26-13-5-8-18(15-26)27-21(24-19-9-4-12-23-22(19)27)17-7-3-6-16(14-17)10-11-20(28)25-29/h3-4,6-7,9-12,14,18,29H,2,5,8,13,15H2,1H3,(H,25,28)/b11-10+/t18-/m1/s1. The van der Waals surface area contributed by atoms with Crippen LogP contribution >= 0.6 is 0 Å². The molecule has 0 spiro atoms. The maximum atomic E-state index is 11.3. The number of likely N-dealkylation sites (N-methyl/N-ethyl adjacent to an activating group) is 1. The Balaban J connectivity index is 1.78. The molecule has 0 aliphatic carbocycles. The number of hydrogen-bond acceptors (Lipinski definition) is 5. The zero-order valence-corrected chi connectivity index (χ0v) is 16.5. The van der Waals surface area contributed by atoms with E-state index in [2.05, 4.69) is 21.4 Å². The number of rotatable bonds is 5. The highest BCUT2D eigenvalue weighted by molar-refractivity contribution is 5.91. The van der Waals surface area contributed by atoms with Crippen LogP contribution in [0.3, 0.4) is 0 Å². The molecule has 7 heteroatoms. The summed E-state index contributed by atoms with van der Waals surface area (Å²) in [4.78, 5) is 23.3. The minimum Gasteiger partial charge on any atom is -0.304 e. The summed E-state index contributed by atoms with van der Waals surface area (Å²) < 4.78 is 2.28. The van der Waals surface area contributed by atoms with E-state index in [1.807, 2.05) is 42.6 Å². The Morgan fingerprint density at radius 1 is 1.34 bits per heavy atom. The van der Waals surface area contributed by atoms with Crippen molar-refractivity contribution >= 4 is 23.1 Å². The third kappa shape index (κ3) is 4.06. The van der Waals surface area contributed by atoms with E-state index in [0.29, 0.717) is 6.04 Å². The number of imidazole rings is 1. The second kappa shape index (κ2) is 8.55. The lowest BCUT2D eigenvalue weighted by Crippen LogP contribution is -2.36. The number of hydroxylamine groups is 1. The van der Waals surface area contributed by atoms with E-state index in [-0.39, 0.29) is 0 Å². The van der Waals surface area contributed by atoms with E-state index in [9.17, 15) is 4.79 Å². The molecule has 4 rings (SSSR count). The molecule has 1 aliphatic heterocycles. The second-order valence-electron chi connectivity index (χ2n) is 7.28. The summed E-state index contributed by atoms with van der Waals surface area (Å²) in [5, 5.41) is 8.67. The molecule has 1 fully saturated rings. The fraction of sp³-hybridized carbons (Fsp3) is 0.318. The Hall–Kier alpha value is -3.03. The van der Waals surface area contributed by atoms with Gasteiger partial charge in [-0.15, -0.1) is 0 Å². The molecule has 1 atom stereocenters. The van der Waals surface area contributed by atoms with Crippen molar-refractivity contribution in [2.75, 3.05) is 19.6 Å². The van der Waals surface area contributed by atoms with Crippen LogP contribution in [0.15, 0.2) is 48.7 Å². The summed E-state index contributed by atoms with van der Waals surface area (Å²) in [6.07, 6.45) is 7.03. The van der Waals surface area contributed by atoms with Crippen molar-refractivity contribution in [1.82, 2.24) is 24.9 Å². The van der Waals surface area contributed by atoms with Gasteiger partial charge in [-0.05, 0) is 55.8 Å². The van der Waals surface area contributed by atoms with Crippen LogP contribution in [0.5, 0.6) is 0 Å². The molecule has 3 heterocycles. The number of piperidine rings is 1. The first-order valence-corrected chi connectivity index (χ1v) is 9.97. The molecule has 3 aromatic rings. The monoisotopic (exact) mass is 391 g/mol. The Bertz CT molecular complexity index is 1040. The quantitative estimate of drug-likeness (QED) is 0.396. The SMILES string of the molecule is CCN1CCC[C@@H](n2c(-c3cccc(/C=C/C(=O)NO)c3)nc3cccnc32)C1. The van der Waals surface area contributed by atoms with Crippen LogP contribution in [0.25, 0.3) is 28.6 Å². The Morgan fingerprint density at radius 3 is 3.07 bits per heavy atom. The van der Waals surface area contributed by atoms with Gasteiger partial charge in [-0.2, -0.15) is 0 Å². The summed E-state index contributed by atoms with van der Waals surface area (Å²) in [5.41, 5.74) is 5.23. The lowest BCUT2D eigenvalue weighted by atomic mass is 10.0.